The molecule has 0 aliphatic heterocycles. The lowest BCUT2D eigenvalue weighted by atomic mass is 10.2. The van der Waals surface area contributed by atoms with Crippen molar-refractivity contribution in [2.45, 2.75) is 4.90 Å². The second kappa shape index (κ2) is 6.82. The molecule has 0 aromatic heterocycles. The number of halogens is 2. The van der Waals surface area contributed by atoms with E-state index < -0.39 is 22.5 Å². The van der Waals surface area contributed by atoms with E-state index in [1.165, 1.54) is 12.1 Å². The molecular formula is C14H12BrFN2O2S. The molecule has 1 atom stereocenters. The highest BCUT2D eigenvalue weighted by Gasteiger charge is 2.13. The number of carbonyl (C=O) groups is 1. The Labute approximate surface area is 132 Å². The van der Waals surface area contributed by atoms with Gasteiger partial charge in [0, 0.05) is 10.2 Å². The minimum Gasteiger partial charge on any atom is -0.396 e. The van der Waals surface area contributed by atoms with E-state index in [2.05, 4.69) is 21.2 Å². The molecule has 2 aromatic carbocycles. The number of amides is 1. The van der Waals surface area contributed by atoms with Crippen molar-refractivity contribution >= 4 is 44.0 Å². The van der Waals surface area contributed by atoms with Gasteiger partial charge < -0.3 is 11.1 Å². The zero-order valence-corrected chi connectivity index (χ0v) is 13.2. The monoisotopic (exact) mass is 370 g/mol. The molecule has 0 spiro atoms. The first-order chi connectivity index (χ1) is 9.97. The summed E-state index contributed by atoms with van der Waals surface area (Å²) in [6.07, 6.45) is 0. The average Bonchev–Trinajstić information content (AvgIpc) is 2.43. The smallest absolute Gasteiger partial charge is 0.237 e. The maximum atomic E-state index is 13.0. The summed E-state index contributed by atoms with van der Waals surface area (Å²) in [6, 6.07) is 10.9. The average molecular weight is 371 g/mol. The maximum absolute atomic E-state index is 13.0. The maximum Gasteiger partial charge on any atom is 0.237 e. The van der Waals surface area contributed by atoms with Gasteiger partial charge in [0.1, 0.15) is 11.6 Å². The first kappa shape index (κ1) is 15.7. The Morgan fingerprint density at radius 2 is 2.00 bits per heavy atom. The number of nitrogens with one attached hydrogen (secondary N) is 1. The molecule has 4 nitrogen and oxygen atoms in total. The molecule has 0 aliphatic carbocycles. The Kier molecular flexibility index (Phi) is 5.08. The Morgan fingerprint density at radius 1 is 1.29 bits per heavy atom. The van der Waals surface area contributed by atoms with Gasteiger partial charge in [0.2, 0.25) is 5.91 Å². The Morgan fingerprint density at radius 3 is 2.67 bits per heavy atom. The number of carbonyl (C=O) groups excluding carboxylic acids is 1. The van der Waals surface area contributed by atoms with Crippen LogP contribution < -0.4 is 11.1 Å². The van der Waals surface area contributed by atoms with Crippen molar-refractivity contribution in [1.82, 2.24) is 0 Å². The van der Waals surface area contributed by atoms with Gasteiger partial charge in [0.15, 0.2) is 0 Å². The van der Waals surface area contributed by atoms with E-state index in [0.717, 1.165) is 6.07 Å². The lowest BCUT2D eigenvalue weighted by Gasteiger charge is -2.07. The van der Waals surface area contributed by atoms with Gasteiger partial charge in [-0.25, -0.2) is 4.39 Å². The molecule has 21 heavy (non-hydrogen) atoms. The number of anilines is 2. The lowest BCUT2D eigenvalue weighted by Crippen LogP contribution is -2.19. The lowest BCUT2D eigenvalue weighted by molar-refractivity contribution is -0.113. The fourth-order valence-electron chi connectivity index (χ4n) is 1.64. The highest BCUT2D eigenvalue weighted by atomic mass is 79.9. The van der Waals surface area contributed by atoms with Crippen LogP contribution in [0.2, 0.25) is 0 Å². The third-order valence-corrected chi connectivity index (χ3v) is 4.95. The van der Waals surface area contributed by atoms with E-state index in [0.29, 0.717) is 15.1 Å². The van der Waals surface area contributed by atoms with Crippen LogP contribution in [0.3, 0.4) is 0 Å². The van der Waals surface area contributed by atoms with Crippen molar-refractivity contribution in [2.24, 2.45) is 0 Å². The SMILES string of the molecule is Nc1cc(NC(=O)CS(=O)c2ccccc2Br)ccc1F. The number of hydrogen-bond acceptors (Lipinski definition) is 3. The summed E-state index contributed by atoms with van der Waals surface area (Å²) in [5.41, 5.74) is 5.72. The molecule has 0 aliphatic rings. The van der Waals surface area contributed by atoms with Gasteiger partial charge in [-0.15, -0.1) is 0 Å². The second-order valence-electron chi connectivity index (χ2n) is 4.20. The minimum absolute atomic E-state index is 0.0558. The molecule has 110 valence electrons. The van der Waals surface area contributed by atoms with Gasteiger partial charge in [-0.1, -0.05) is 12.1 Å². The van der Waals surface area contributed by atoms with E-state index >= 15 is 0 Å². The zero-order chi connectivity index (χ0) is 15.4. The predicted octanol–water partition coefficient (Wildman–Crippen LogP) is 2.92. The van der Waals surface area contributed by atoms with Crippen LogP contribution in [0.4, 0.5) is 15.8 Å². The van der Waals surface area contributed by atoms with Gasteiger partial charge in [-0.3, -0.25) is 9.00 Å². The van der Waals surface area contributed by atoms with Crippen molar-refractivity contribution in [2.75, 3.05) is 16.8 Å². The molecular weight excluding hydrogens is 359 g/mol. The van der Waals surface area contributed by atoms with Gasteiger partial charge in [-0.05, 0) is 46.3 Å². The first-order valence-corrected chi connectivity index (χ1v) is 8.06. The van der Waals surface area contributed by atoms with Crippen LogP contribution in [0, 0.1) is 5.82 Å². The van der Waals surface area contributed by atoms with E-state index in [4.69, 9.17) is 5.73 Å². The molecule has 0 radical (unpaired) electrons. The molecule has 0 fully saturated rings. The van der Waals surface area contributed by atoms with Crippen molar-refractivity contribution in [3.8, 4) is 0 Å². The molecule has 0 heterocycles. The largest absolute Gasteiger partial charge is 0.396 e. The highest BCUT2D eigenvalue weighted by Crippen LogP contribution is 2.20. The van der Waals surface area contributed by atoms with E-state index in [-0.39, 0.29) is 11.4 Å². The van der Waals surface area contributed by atoms with Crippen LogP contribution in [0.15, 0.2) is 51.8 Å². The third kappa shape index (κ3) is 4.12. The molecule has 0 saturated heterocycles. The van der Waals surface area contributed by atoms with Crippen molar-refractivity contribution < 1.29 is 13.4 Å². The van der Waals surface area contributed by atoms with E-state index in [9.17, 15) is 13.4 Å². The minimum atomic E-state index is -1.47. The van der Waals surface area contributed by atoms with Crippen LogP contribution in [0.1, 0.15) is 0 Å². The number of nitrogens with two attached hydrogens (primary N) is 1. The summed E-state index contributed by atoms with van der Waals surface area (Å²) in [5.74, 6) is -1.18. The number of nitrogen functional groups attached to an aromatic ring is 1. The van der Waals surface area contributed by atoms with Gasteiger partial charge in [-0.2, -0.15) is 0 Å². The van der Waals surface area contributed by atoms with Crippen molar-refractivity contribution in [3.05, 3.63) is 52.8 Å². The third-order valence-electron chi connectivity index (χ3n) is 2.62. The summed E-state index contributed by atoms with van der Waals surface area (Å²) in [7, 11) is -1.47. The summed E-state index contributed by atoms with van der Waals surface area (Å²) >= 11 is 3.29. The van der Waals surface area contributed by atoms with Crippen molar-refractivity contribution in [1.29, 1.82) is 0 Å². The molecule has 3 N–H and O–H groups in total. The van der Waals surface area contributed by atoms with Crippen LogP contribution in [0.5, 0.6) is 0 Å². The molecule has 1 amide bonds. The first-order valence-electron chi connectivity index (χ1n) is 5.95. The molecule has 0 bridgehead atoms. The molecule has 2 rings (SSSR count). The normalized spacial score (nSPS) is 11.9. The molecule has 7 heteroatoms. The summed E-state index contributed by atoms with van der Waals surface area (Å²) in [4.78, 5) is 12.4. The fourth-order valence-corrected chi connectivity index (χ4v) is 3.45. The van der Waals surface area contributed by atoms with Gasteiger partial charge in [0.05, 0.1) is 21.4 Å². The Balaban J connectivity index is 2.03. The second-order valence-corrected chi connectivity index (χ2v) is 6.48. The van der Waals surface area contributed by atoms with Gasteiger partial charge >= 0.3 is 0 Å². The fraction of sp³-hybridized carbons (Fsp3) is 0.0714. The Hall–Kier alpha value is -1.73. The summed E-state index contributed by atoms with van der Waals surface area (Å²) in [6.45, 7) is 0. The number of benzene rings is 2. The van der Waals surface area contributed by atoms with E-state index in [1.54, 1.807) is 24.3 Å². The van der Waals surface area contributed by atoms with Crippen LogP contribution in [-0.2, 0) is 15.6 Å². The highest BCUT2D eigenvalue weighted by molar-refractivity contribution is 9.10. The van der Waals surface area contributed by atoms with Gasteiger partial charge in [0.25, 0.3) is 0 Å². The number of rotatable bonds is 4. The number of hydrogen-bond donors (Lipinski definition) is 2. The van der Waals surface area contributed by atoms with Crippen LogP contribution in [0.25, 0.3) is 0 Å². The van der Waals surface area contributed by atoms with E-state index in [1.807, 2.05) is 0 Å². The van der Waals surface area contributed by atoms with Crippen LogP contribution in [-0.4, -0.2) is 15.9 Å². The summed E-state index contributed by atoms with van der Waals surface area (Å²) < 4.78 is 25.8. The predicted molar refractivity (Wildman–Crippen MR) is 84.9 cm³/mol. The summed E-state index contributed by atoms with van der Waals surface area (Å²) in [5, 5.41) is 2.54. The topological polar surface area (TPSA) is 72.2 Å². The molecule has 0 saturated carbocycles. The van der Waals surface area contributed by atoms with Crippen molar-refractivity contribution in [3.63, 3.8) is 0 Å². The zero-order valence-electron chi connectivity index (χ0n) is 10.8. The van der Waals surface area contributed by atoms with Crippen LogP contribution >= 0.6 is 15.9 Å². The molecule has 1 unspecified atom stereocenters. The Bertz CT molecular complexity index is 709. The standard InChI is InChI=1S/C14H12BrFN2O2S/c15-10-3-1-2-4-13(10)21(20)8-14(19)18-9-5-6-11(16)12(17)7-9/h1-7H,8,17H2,(H,18,19). The quantitative estimate of drug-likeness (QED) is 0.812. The molecule has 2 aromatic rings.